The van der Waals surface area contributed by atoms with Gasteiger partial charge in [0.25, 0.3) is 0 Å². The quantitative estimate of drug-likeness (QED) is 0.791. The molecule has 76 valence electrons. The maximum atomic E-state index is 6.04. The molecule has 0 bridgehead atoms. The highest BCUT2D eigenvalue weighted by Gasteiger charge is 2.09. The van der Waals surface area contributed by atoms with Gasteiger partial charge in [0.15, 0.2) is 0 Å². The number of pyridine rings is 1. The number of aromatic nitrogens is 3. The Balaban J connectivity index is 2.29. The summed E-state index contributed by atoms with van der Waals surface area (Å²) in [4.78, 5) is 12.2. The standard InChI is InChI=1S/C11H12N4/c1-8-2-3-9(6-14-8)11(12)10-4-5-13-7-15-10/h2-7,11H,12H2,1H3. The fourth-order valence-electron chi connectivity index (χ4n) is 1.32. The van der Waals surface area contributed by atoms with Gasteiger partial charge in [0.1, 0.15) is 6.33 Å². The summed E-state index contributed by atoms with van der Waals surface area (Å²) in [6.45, 7) is 1.94. The van der Waals surface area contributed by atoms with E-state index in [4.69, 9.17) is 5.73 Å². The number of hydrogen-bond acceptors (Lipinski definition) is 4. The van der Waals surface area contributed by atoms with E-state index >= 15 is 0 Å². The largest absolute Gasteiger partial charge is 0.319 e. The molecular formula is C11H12N4. The van der Waals surface area contributed by atoms with Crippen molar-refractivity contribution >= 4 is 0 Å². The minimum atomic E-state index is -0.235. The van der Waals surface area contributed by atoms with E-state index in [0.29, 0.717) is 0 Å². The molecule has 0 saturated carbocycles. The molecule has 2 aromatic rings. The monoisotopic (exact) mass is 200 g/mol. The molecular weight excluding hydrogens is 188 g/mol. The molecule has 0 amide bonds. The number of aryl methyl sites for hydroxylation is 1. The summed E-state index contributed by atoms with van der Waals surface area (Å²) in [5, 5.41) is 0. The van der Waals surface area contributed by atoms with Gasteiger partial charge < -0.3 is 5.73 Å². The lowest BCUT2D eigenvalue weighted by atomic mass is 10.1. The van der Waals surface area contributed by atoms with Gasteiger partial charge in [-0.05, 0) is 24.6 Å². The zero-order valence-electron chi connectivity index (χ0n) is 8.46. The van der Waals surface area contributed by atoms with Gasteiger partial charge >= 0.3 is 0 Å². The summed E-state index contributed by atoms with van der Waals surface area (Å²) >= 11 is 0. The second-order valence-electron chi connectivity index (χ2n) is 3.34. The van der Waals surface area contributed by atoms with Crippen LogP contribution in [0.5, 0.6) is 0 Å². The highest BCUT2D eigenvalue weighted by molar-refractivity contribution is 5.24. The highest BCUT2D eigenvalue weighted by Crippen LogP contribution is 2.15. The third-order valence-corrected chi connectivity index (χ3v) is 2.22. The van der Waals surface area contributed by atoms with Crippen LogP contribution in [0, 0.1) is 6.92 Å². The summed E-state index contributed by atoms with van der Waals surface area (Å²) < 4.78 is 0. The van der Waals surface area contributed by atoms with Crippen molar-refractivity contribution in [2.24, 2.45) is 5.73 Å². The van der Waals surface area contributed by atoms with Crippen molar-refractivity contribution < 1.29 is 0 Å². The molecule has 0 aliphatic rings. The Hall–Kier alpha value is -1.81. The predicted octanol–water partition coefficient (Wildman–Crippen LogP) is 1.23. The van der Waals surface area contributed by atoms with Gasteiger partial charge in [0.2, 0.25) is 0 Å². The van der Waals surface area contributed by atoms with Crippen molar-refractivity contribution in [3.05, 3.63) is 53.9 Å². The van der Waals surface area contributed by atoms with E-state index in [1.54, 1.807) is 12.4 Å². The normalized spacial score (nSPS) is 12.4. The molecule has 0 aliphatic heterocycles. The first kappa shape index (κ1) is 9.73. The minimum absolute atomic E-state index is 0.235. The summed E-state index contributed by atoms with van der Waals surface area (Å²) in [6, 6.07) is 5.48. The van der Waals surface area contributed by atoms with Gasteiger partial charge in [-0.25, -0.2) is 9.97 Å². The zero-order valence-corrected chi connectivity index (χ0v) is 8.46. The Morgan fingerprint density at radius 2 is 2.07 bits per heavy atom. The van der Waals surface area contributed by atoms with Crippen LogP contribution in [0.3, 0.4) is 0 Å². The Bertz CT molecular complexity index is 424. The van der Waals surface area contributed by atoms with Gasteiger partial charge in [-0.2, -0.15) is 0 Å². The van der Waals surface area contributed by atoms with E-state index in [0.717, 1.165) is 17.0 Å². The van der Waals surface area contributed by atoms with Crippen LogP contribution in [0.15, 0.2) is 36.9 Å². The molecule has 15 heavy (non-hydrogen) atoms. The Morgan fingerprint density at radius 1 is 1.20 bits per heavy atom. The van der Waals surface area contributed by atoms with Gasteiger partial charge in [-0.1, -0.05) is 6.07 Å². The molecule has 0 radical (unpaired) electrons. The maximum Gasteiger partial charge on any atom is 0.115 e. The van der Waals surface area contributed by atoms with Gasteiger partial charge in [0.05, 0.1) is 11.7 Å². The van der Waals surface area contributed by atoms with E-state index in [-0.39, 0.29) is 6.04 Å². The van der Waals surface area contributed by atoms with Crippen molar-refractivity contribution in [1.29, 1.82) is 0 Å². The van der Waals surface area contributed by atoms with Crippen LogP contribution >= 0.6 is 0 Å². The first-order chi connectivity index (χ1) is 7.27. The van der Waals surface area contributed by atoms with Crippen LogP contribution in [0.25, 0.3) is 0 Å². The lowest BCUT2D eigenvalue weighted by Crippen LogP contribution is -2.13. The van der Waals surface area contributed by atoms with Crippen molar-refractivity contribution in [3.63, 3.8) is 0 Å². The average molecular weight is 200 g/mol. The van der Waals surface area contributed by atoms with Crippen LogP contribution in [-0.2, 0) is 0 Å². The molecule has 2 rings (SSSR count). The summed E-state index contributed by atoms with van der Waals surface area (Å²) in [5.41, 5.74) is 8.78. The predicted molar refractivity (Wildman–Crippen MR) is 57.0 cm³/mol. The minimum Gasteiger partial charge on any atom is -0.319 e. The lowest BCUT2D eigenvalue weighted by Gasteiger charge is -2.10. The van der Waals surface area contributed by atoms with Crippen LogP contribution in [-0.4, -0.2) is 15.0 Å². The summed E-state index contributed by atoms with van der Waals surface area (Å²) in [6.07, 6.45) is 4.96. The fourth-order valence-corrected chi connectivity index (χ4v) is 1.32. The molecule has 1 atom stereocenters. The van der Waals surface area contributed by atoms with Crippen LogP contribution in [0.2, 0.25) is 0 Å². The van der Waals surface area contributed by atoms with Gasteiger partial charge in [-0.15, -0.1) is 0 Å². The topological polar surface area (TPSA) is 64.7 Å². The molecule has 2 aromatic heterocycles. The molecule has 1 unspecified atom stereocenters. The molecule has 0 aromatic carbocycles. The van der Waals surface area contributed by atoms with E-state index < -0.39 is 0 Å². The van der Waals surface area contributed by atoms with Crippen LogP contribution in [0.1, 0.15) is 23.0 Å². The first-order valence-electron chi connectivity index (χ1n) is 4.71. The van der Waals surface area contributed by atoms with Crippen molar-refractivity contribution in [2.45, 2.75) is 13.0 Å². The lowest BCUT2D eigenvalue weighted by molar-refractivity contribution is 0.812. The molecule has 0 spiro atoms. The number of nitrogens with two attached hydrogens (primary N) is 1. The van der Waals surface area contributed by atoms with Crippen molar-refractivity contribution in [2.75, 3.05) is 0 Å². The van der Waals surface area contributed by atoms with Crippen LogP contribution in [0.4, 0.5) is 0 Å². The van der Waals surface area contributed by atoms with Crippen molar-refractivity contribution in [3.8, 4) is 0 Å². The third-order valence-electron chi connectivity index (χ3n) is 2.22. The number of nitrogens with zero attached hydrogens (tertiary/aromatic N) is 3. The maximum absolute atomic E-state index is 6.04. The Kier molecular flexibility index (Phi) is 2.69. The molecule has 0 aliphatic carbocycles. The molecule has 0 saturated heterocycles. The van der Waals surface area contributed by atoms with E-state index in [1.165, 1.54) is 6.33 Å². The Morgan fingerprint density at radius 3 is 2.67 bits per heavy atom. The first-order valence-corrected chi connectivity index (χ1v) is 4.71. The summed E-state index contributed by atoms with van der Waals surface area (Å²) in [7, 11) is 0. The number of hydrogen-bond donors (Lipinski definition) is 1. The molecule has 4 nitrogen and oxygen atoms in total. The SMILES string of the molecule is Cc1ccc(C(N)c2ccncn2)cn1. The van der Waals surface area contributed by atoms with Crippen LogP contribution < -0.4 is 5.73 Å². The van der Waals surface area contributed by atoms with Gasteiger partial charge in [0, 0.05) is 18.1 Å². The smallest absolute Gasteiger partial charge is 0.115 e. The molecule has 4 heteroatoms. The van der Waals surface area contributed by atoms with E-state index in [1.807, 2.05) is 25.1 Å². The summed E-state index contributed by atoms with van der Waals surface area (Å²) in [5.74, 6) is 0. The molecule has 2 heterocycles. The average Bonchev–Trinajstić information content (AvgIpc) is 2.30. The fraction of sp³-hybridized carbons (Fsp3) is 0.182. The zero-order chi connectivity index (χ0) is 10.7. The highest BCUT2D eigenvalue weighted by atomic mass is 14.9. The van der Waals surface area contributed by atoms with Crippen molar-refractivity contribution in [1.82, 2.24) is 15.0 Å². The van der Waals surface area contributed by atoms with E-state index in [9.17, 15) is 0 Å². The van der Waals surface area contributed by atoms with Gasteiger partial charge in [-0.3, -0.25) is 4.98 Å². The molecule has 2 N–H and O–H groups in total. The van der Waals surface area contributed by atoms with E-state index in [2.05, 4.69) is 15.0 Å². The Labute approximate surface area is 88.2 Å². The second-order valence-corrected chi connectivity index (χ2v) is 3.34. The molecule has 0 fully saturated rings. The number of rotatable bonds is 2. The second kappa shape index (κ2) is 4.14. The third kappa shape index (κ3) is 2.16.